The Morgan fingerprint density at radius 3 is 2.31 bits per heavy atom. The zero-order chi connectivity index (χ0) is 44.2. The SMILES string of the molecule is COC(=O)c1c(C(F)(F)F)[nH]c2c(OC(=O)N3CCN(C)CC3)cc3c(c12)[C@H](CCl)CN3C(=O)c1cc2cc(NC(=O)c3cc4c(OC)c(OC)c(OC)cc4cn3)ccc2[nH]1. The maximum Gasteiger partial charge on any atom is 0.432 e. The van der Waals surface area contributed by atoms with Crippen LogP contribution in [0.25, 0.3) is 32.6 Å². The van der Waals surface area contributed by atoms with Crippen molar-refractivity contribution in [3.05, 3.63) is 76.9 Å². The van der Waals surface area contributed by atoms with Crippen LogP contribution in [-0.2, 0) is 10.9 Å². The van der Waals surface area contributed by atoms with Crippen molar-refractivity contribution in [3.63, 3.8) is 0 Å². The van der Waals surface area contributed by atoms with E-state index in [0.717, 1.165) is 7.11 Å². The number of piperazine rings is 1. The van der Waals surface area contributed by atoms with Gasteiger partial charge >= 0.3 is 18.2 Å². The summed E-state index contributed by atoms with van der Waals surface area (Å²) in [4.78, 5) is 69.0. The van der Waals surface area contributed by atoms with Crippen LogP contribution in [0.5, 0.6) is 23.0 Å². The fourth-order valence-corrected chi connectivity index (χ4v) is 8.28. The van der Waals surface area contributed by atoms with E-state index in [9.17, 15) is 32.3 Å². The number of pyridine rings is 1. The molecule has 324 valence electrons. The van der Waals surface area contributed by atoms with Gasteiger partial charge in [-0.05, 0) is 49.0 Å². The molecule has 0 spiro atoms. The number of nitrogens with one attached hydrogen (secondary N) is 3. The van der Waals surface area contributed by atoms with Gasteiger partial charge in [0.2, 0.25) is 5.75 Å². The number of halogens is 4. The van der Waals surface area contributed by atoms with Gasteiger partial charge in [0.25, 0.3) is 11.8 Å². The second-order valence-corrected chi connectivity index (χ2v) is 15.0. The molecule has 3 N–H and O–H groups in total. The van der Waals surface area contributed by atoms with E-state index in [4.69, 9.17) is 35.3 Å². The maximum atomic E-state index is 14.6. The number of aromatic amines is 2. The molecule has 16 nitrogen and oxygen atoms in total. The van der Waals surface area contributed by atoms with Gasteiger partial charge in [0, 0.05) is 89.5 Å². The van der Waals surface area contributed by atoms with Crippen LogP contribution in [0, 0.1) is 0 Å². The number of amides is 3. The zero-order valence-electron chi connectivity index (χ0n) is 33.9. The van der Waals surface area contributed by atoms with Crippen molar-refractivity contribution in [2.75, 3.05) is 84.3 Å². The van der Waals surface area contributed by atoms with E-state index >= 15 is 0 Å². The fourth-order valence-electron chi connectivity index (χ4n) is 8.02. The highest BCUT2D eigenvalue weighted by Gasteiger charge is 2.44. The molecule has 3 aromatic heterocycles. The zero-order valence-corrected chi connectivity index (χ0v) is 34.7. The summed E-state index contributed by atoms with van der Waals surface area (Å²) in [5.74, 6) is -2.50. The first kappa shape index (κ1) is 42.0. The van der Waals surface area contributed by atoms with Crippen molar-refractivity contribution in [1.82, 2.24) is 24.8 Å². The predicted molar refractivity (Wildman–Crippen MR) is 223 cm³/mol. The number of nitrogens with zero attached hydrogens (tertiary/aromatic N) is 4. The Hall–Kier alpha value is -6.73. The number of methoxy groups -OCH3 is 4. The van der Waals surface area contributed by atoms with Crippen molar-refractivity contribution in [3.8, 4) is 23.0 Å². The third-order valence-electron chi connectivity index (χ3n) is 11.1. The summed E-state index contributed by atoms with van der Waals surface area (Å²) in [7, 11) is 7.28. The van der Waals surface area contributed by atoms with Crippen LogP contribution in [0.1, 0.15) is 48.5 Å². The average Bonchev–Trinajstić information content (AvgIpc) is 3.99. The van der Waals surface area contributed by atoms with E-state index in [-0.39, 0.29) is 51.7 Å². The lowest BCUT2D eigenvalue weighted by atomic mass is 9.95. The van der Waals surface area contributed by atoms with Crippen LogP contribution in [-0.4, -0.2) is 123 Å². The summed E-state index contributed by atoms with van der Waals surface area (Å²) in [5.41, 5.74) is -1.16. The standard InChI is InChI=1S/C42H39ClF3N7O9/c1-51-8-10-52(11-9-51)41(57)62-29-16-28-31(32-33(40(56)61-5)37(42(44,45)46)50-34(29)32)22(17-43)19-53(28)39(55)27-13-20-12-23(6-7-25(20)49-27)48-38(54)26-15-24-21(18-47-26)14-30(58-2)36(60-4)35(24)59-3/h6-7,12-16,18,22,49-50H,8-11,17,19H2,1-5H3,(H,48,54)/t22-/m1/s1. The first-order chi connectivity index (χ1) is 29.7. The molecule has 5 heterocycles. The average molecular weight is 878 g/mol. The van der Waals surface area contributed by atoms with E-state index in [2.05, 4.69) is 20.3 Å². The third kappa shape index (κ3) is 7.29. The van der Waals surface area contributed by atoms with E-state index in [1.165, 1.54) is 43.4 Å². The smallest absolute Gasteiger partial charge is 0.432 e. The van der Waals surface area contributed by atoms with Gasteiger partial charge in [-0.2, -0.15) is 13.2 Å². The van der Waals surface area contributed by atoms with Gasteiger partial charge in [-0.15, -0.1) is 11.6 Å². The number of ether oxygens (including phenoxy) is 5. The van der Waals surface area contributed by atoms with Crippen LogP contribution >= 0.6 is 11.6 Å². The Morgan fingerprint density at radius 1 is 0.903 bits per heavy atom. The largest absolute Gasteiger partial charge is 0.493 e. The van der Waals surface area contributed by atoms with Crippen molar-refractivity contribution in [2.45, 2.75) is 12.1 Å². The number of rotatable bonds is 9. The van der Waals surface area contributed by atoms with E-state index < -0.39 is 47.2 Å². The van der Waals surface area contributed by atoms with Gasteiger partial charge in [0.05, 0.1) is 45.2 Å². The normalized spacial score (nSPS) is 15.5. The molecule has 2 aliphatic rings. The number of hydrogen-bond acceptors (Lipinski definition) is 11. The molecule has 6 aromatic rings. The molecule has 1 atom stereocenters. The number of aromatic nitrogens is 3. The maximum absolute atomic E-state index is 14.6. The van der Waals surface area contributed by atoms with Gasteiger partial charge in [0.15, 0.2) is 17.2 Å². The molecule has 0 radical (unpaired) electrons. The molecule has 0 saturated carbocycles. The summed E-state index contributed by atoms with van der Waals surface area (Å²) < 4.78 is 70.9. The number of anilines is 2. The molecule has 3 amide bonds. The number of esters is 1. The molecule has 62 heavy (non-hydrogen) atoms. The van der Waals surface area contributed by atoms with Crippen molar-refractivity contribution < 1.29 is 56.0 Å². The van der Waals surface area contributed by atoms with Crippen molar-refractivity contribution >= 4 is 79.4 Å². The van der Waals surface area contributed by atoms with Gasteiger partial charge in [-0.1, -0.05) is 0 Å². The second-order valence-electron chi connectivity index (χ2n) is 14.7. The Morgan fingerprint density at radius 2 is 1.65 bits per heavy atom. The van der Waals surface area contributed by atoms with E-state index in [1.54, 1.807) is 36.4 Å². The molecule has 20 heteroatoms. The molecule has 0 aliphatic carbocycles. The number of hydrogen-bond donors (Lipinski definition) is 3. The fraction of sp³-hybridized carbons (Fsp3) is 0.310. The summed E-state index contributed by atoms with van der Waals surface area (Å²) >= 11 is 6.44. The highest BCUT2D eigenvalue weighted by molar-refractivity contribution is 6.20. The Kier molecular flexibility index (Phi) is 11.0. The highest BCUT2D eigenvalue weighted by Crippen LogP contribution is 2.50. The lowest BCUT2D eigenvalue weighted by molar-refractivity contribution is -0.141. The van der Waals surface area contributed by atoms with Gasteiger partial charge in [0.1, 0.15) is 17.1 Å². The number of fused-ring (bicyclic) bond motifs is 5. The van der Waals surface area contributed by atoms with Crippen LogP contribution in [0.2, 0.25) is 0 Å². The minimum atomic E-state index is -5.05. The molecule has 0 bridgehead atoms. The minimum absolute atomic E-state index is 0.0809. The second kappa shape index (κ2) is 16.3. The molecule has 0 unspecified atom stereocenters. The monoisotopic (exact) mass is 877 g/mol. The first-order valence-electron chi connectivity index (χ1n) is 19.1. The number of alkyl halides is 4. The number of carbonyl (C=O) groups is 4. The van der Waals surface area contributed by atoms with Crippen LogP contribution in [0.3, 0.4) is 0 Å². The summed E-state index contributed by atoms with van der Waals surface area (Å²) in [5, 5.41) is 4.36. The Balaban J connectivity index is 1.14. The van der Waals surface area contributed by atoms with Crippen LogP contribution in [0.15, 0.2) is 48.7 Å². The number of benzene rings is 3. The third-order valence-corrected chi connectivity index (χ3v) is 11.5. The molecule has 2 aliphatic heterocycles. The van der Waals surface area contributed by atoms with Gasteiger partial charge < -0.3 is 53.7 Å². The summed E-state index contributed by atoms with van der Waals surface area (Å²) in [6.07, 6.45) is -4.35. The quantitative estimate of drug-likeness (QED) is 0.100. The molecular formula is C42H39ClF3N7O9. The van der Waals surface area contributed by atoms with Gasteiger partial charge in [-0.25, -0.2) is 9.59 Å². The van der Waals surface area contributed by atoms with Crippen LogP contribution in [0.4, 0.5) is 29.3 Å². The predicted octanol–water partition coefficient (Wildman–Crippen LogP) is 7.01. The summed E-state index contributed by atoms with van der Waals surface area (Å²) in [6, 6.07) is 11.1. The van der Waals surface area contributed by atoms with Gasteiger partial charge in [-0.3, -0.25) is 14.6 Å². The van der Waals surface area contributed by atoms with Crippen LogP contribution < -0.4 is 29.2 Å². The molecule has 1 fully saturated rings. The lowest BCUT2D eigenvalue weighted by Crippen LogP contribution is -2.48. The first-order valence-corrected chi connectivity index (χ1v) is 19.7. The molecule has 1 saturated heterocycles. The number of carbonyl (C=O) groups excluding carboxylic acids is 4. The Labute approximate surface area is 355 Å². The van der Waals surface area contributed by atoms with Crippen molar-refractivity contribution in [2.24, 2.45) is 0 Å². The molecular weight excluding hydrogens is 839 g/mol. The van der Waals surface area contributed by atoms with Crippen molar-refractivity contribution in [1.29, 1.82) is 0 Å². The lowest BCUT2D eigenvalue weighted by Gasteiger charge is -2.31. The Bertz CT molecular complexity index is 2800. The van der Waals surface area contributed by atoms with E-state index in [0.29, 0.717) is 70.8 Å². The molecule has 8 rings (SSSR count). The summed E-state index contributed by atoms with van der Waals surface area (Å²) in [6.45, 7) is 1.62. The number of H-pyrrole nitrogens is 2. The van der Waals surface area contributed by atoms with E-state index in [1.807, 2.05) is 11.9 Å². The minimum Gasteiger partial charge on any atom is -0.493 e. The highest BCUT2D eigenvalue weighted by atomic mass is 35.5. The number of likely N-dealkylation sites (N-methyl/N-ethyl adjacent to an activating group) is 1. The topological polar surface area (TPSA) is 181 Å². The molecule has 3 aromatic carbocycles.